The Morgan fingerprint density at radius 3 is 2.03 bits per heavy atom. The number of hydrogen-bond donors (Lipinski definition) is 0. The molecule has 2 nitrogen and oxygen atoms in total. The van der Waals surface area contributed by atoms with Gasteiger partial charge in [-0.15, -0.1) is 0 Å². The fourth-order valence-electron chi connectivity index (χ4n) is 5.77. The van der Waals surface area contributed by atoms with Crippen molar-refractivity contribution in [2.75, 3.05) is 13.7 Å². The van der Waals surface area contributed by atoms with Crippen molar-refractivity contribution in [1.82, 2.24) is 4.90 Å². The van der Waals surface area contributed by atoms with E-state index in [0.29, 0.717) is 30.5 Å². The number of nitrogens with zero attached hydrogens (tertiary/aromatic N) is 1. The number of hydrogen-bond acceptors (Lipinski definition) is 2. The van der Waals surface area contributed by atoms with Crippen LogP contribution in [0.15, 0.2) is 72.8 Å². The molecule has 2 aliphatic rings. The standard InChI is InChI=1S/C28H28ClF2NO/c1-32-24-14-15-27(32)26(25(16-24)18-2-8-21(29)9-3-18)17-33-28(19-4-10-22(30)11-5-19)20-6-12-23(31)13-7-20/h2-13,24-28H,14-17H2,1H3/t24-,25+,26+,27+/m0/s1. The number of piperidine rings is 1. The first-order chi connectivity index (χ1) is 16.0. The molecular weight excluding hydrogens is 440 g/mol. The Balaban J connectivity index is 1.44. The molecule has 0 amide bonds. The van der Waals surface area contributed by atoms with E-state index in [2.05, 4.69) is 24.1 Å². The second-order valence-electron chi connectivity index (χ2n) is 9.34. The van der Waals surface area contributed by atoms with E-state index in [4.69, 9.17) is 16.3 Å². The number of rotatable bonds is 6. The van der Waals surface area contributed by atoms with Gasteiger partial charge in [0.05, 0.1) is 6.61 Å². The Morgan fingerprint density at radius 1 is 0.879 bits per heavy atom. The quantitative estimate of drug-likeness (QED) is 0.387. The third-order valence-electron chi connectivity index (χ3n) is 7.53. The van der Waals surface area contributed by atoms with E-state index in [1.165, 1.54) is 36.2 Å². The van der Waals surface area contributed by atoms with E-state index in [-0.39, 0.29) is 17.7 Å². The van der Waals surface area contributed by atoms with Gasteiger partial charge in [0, 0.05) is 23.0 Å². The highest BCUT2D eigenvalue weighted by Gasteiger charge is 2.46. The van der Waals surface area contributed by atoms with Gasteiger partial charge in [0.15, 0.2) is 0 Å². The van der Waals surface area contributed by atoms with Gasteiger partial charge >= 0.3 is 0 Å². The molecule has 0 aliphatic carbocycles. The van der Waals surface area contributed by atoms with Crippen molar-refractivity contribution in [3.8, 4) is 0 Å². The van der Waals surface area contributed by atoms with Crippen LogP contribution < -0.4 is 0 Å². The average molecular weight is 468 g/mol. The second-order valence-corrected chi connectivity index (χ2v) is 9.77. The molecule has 3 aromatic rings. The molecule has 0 saturated carbocycles. The molecule has 172 valence electrons. The SMILES string of the molecule is CN1[C@H]2CC[C@@H]1[C@H](COC(c1ccc(F)cc1)c1ccc(F)cc1)[C@@H](c1ccc(Cl)cc1)C2. The Hall–Kier alpha value is -2.27. The van der Waals surface area contributed by atoms with Gasteiger partial charge in [0.25, 0.3) is 0 Å². The summed E-state index contributed by atoms with van der Waals surface area (Å²) in [5, 5.41) is 0.745. The third kappa shape index (κ3) is 4.70. The second kappa shape index (κ2) is 9.54. The molecule has 3 aromatic carbocycles. The molecule has 2 saturated heterocycles. The maximum atomic E-state index is 13.6. The minimum absolute atomic E-state index is 0.287. The van der Waals surface area contributed by atoms with Crippen LogP contribution in [0, 0.1) is 17.6 Å². The molecule has 2 heterocycles. The summed E-state index contributed by atoms with van der Waals surface area (Å²) in [6, 6.07) is 22.0. The first-order valence-electron chi connectivity index (χ1n) is 11.6. The molecule has 2 fully saturated rings. The number of fused-ring (bicyclic) bond motifs is 2. The van der Waals surface area contributed by atoms with Crippen molar-refractivity contribution in [1.29, 1.82) is 0 Å². The summed E-state index contributed by atoms with van der Waals surface area (Å²) in [6.07, 6.45) is 3.08. The van der Waals surface area contributed by atoms with Crippen LogP contribution in [0.5, 0.6) is 0 Å². The highest BCUT2D eigenvalue weighted by Crippen LogP contribution is 2.47. The van der Waals surface area contributed by atoms with Crippen LogP contribution in [0.4, 0.5) is 8.78 Å². The predicted octanol–water partition coefficient (Wildman–Crippen LogP) is 6.99. The summed E-state index contributed by atoms with van der Waals surface area (Å²) < 4.78 is 33.8. The van der Waals surface area contributed by atoms with Gasteiger partial charge in [-0.3, -0.25) is 0 Å². The summed E-state index contributed by atoms with van der Waals surface area (Å²) in [4.78, 5) is 2.52. The van der Waals surface area contributed by atoms with Gasteiger partial charge in [-0.2, -0.15) is 0 Å². The molecule has 5 rings (SSSR count). The normalized spacial score (nSPS) is 25.0. The Labute approximate surface area is 199 Å². The van der Waals surface area contributed by atoms with Crippen molar-refractivity contribution in [3.63, 3.8) is 0 Å². The van der Waals surface area contributed by atoms with E-state index in [0.717, 1.165) is 29.0 Å². The summed E-state index contributed by atoms with van der Waals surface area (Å²) in [5.41, 5.74) is 3.03. The molecule has 5 heteroatoms. The lowest BCUT2D eigenvalue weighted by Crippen LogP contribution is -2.47. The van der Waals surface area contributed by atoms with E-state index in [9.17, 15) is 8.78 Å². The van der Waals surface area contributed by atoms with Crippen LogP contribution in [-0.2, 0) is 4.74 Å². The minimum Gasteiger partial charge on any atom is -0.368 e. The van der Waals surface area contributed by atoms with E-state index in [1.54, 1.807) is 24.3 Å². The lowest BCUT2D eigenvalue weighted by molar-refractivity contribution is -0.00339. The highest BCUT2D eigenvalue weighted by atomic mass is 35.5. The Kier molecular flexibility index (Phi) is 6.51. The van der Waals surface area contributed by atoms with Gasteiger partial charge in [-0.25, -0.2) is 8.78 Å². The molecule has 4 atom stereocenters. The molecule has 2 aliphatic heterocycles. The average Bonchev–Trinajstić information content (AvgIpc) is 3.06. The van der Waals surface area contributed by atoms with E-state index >= 15 is 0 Å². The number of ether oxygens (including phenoxy) is 1. The van der Waals surface area contributed by atoms with Crippen LogP contribution in [-0.4, -0.2) is 30.6 Å². The molecular formula is C28H28ClF2NO. The number of benzene rings is 3. The molecule has 33 heavy (non-hydrogen) atoms. The van der Waals surface area contributed by atoms with Gasteiger partial charge in [0.2, 0.25) is 0 Å². The van der Waals surface area contributed by atoms with Gasteiger partial charge < -0.3 is 9.64 Å². The zero-order valence-electron chi connectivity index (χ0n) is 18.6. The summed E-state index contributed by atoms with van der Waals surface area (Å²) in [6.45, 7) is 0.564. The van der Waals surface area contributed by atoms with Crippen LogP contribution in [0.25, 0.3) is 0 Å². The fraction of sp³-hybridized carbons (Fsp3) is 0.357. The molecule has 0 aromatic heterocycles. The first-order valence-corrected chi connectivity index (χ1v) is 12.0. The lowest BCUT2D eigenvalue weighted by atomic mass is 9.76. The van der Waals surface area contributed by atoms with Crippen LogP contribution >= 0.6 is 11.6 Å². The van der Waals surface area contributed by atoms with Gasteiger partial charge in [-0.05, 0) is 85.3 Å². The van der Waals surface area contributed by atoms with Crippen molar-refractivity contribution < 1.29 is 13.5 Å². The zero-order valence-corrected chi connectivity index (χ0v) is 19.4. The molecule has 0 unspecified atom stereocenters. The van der Waals surface area contributed by atoms with Crippen molar-refractivity contribution in [2.24, 2.45) is 5.92 Å². The molecule has 2 bridgehead atoms. The molecule has 0 N–H and O–H groups in total. The fourth-order valence-corrected chi connectivity index (χ4v) is 5.89. The van der Waals surface area contributed by atoms with E-state index < -0.39 is 0 Å². The van der Waals surface area contributed by atoms with Crippen LogP contribution in [0.2, 0.25) is 5.02 Å². The van der Waals surface area contributed by atoms with Crippen LogP contribution in [0.1, 0.15) is 48.0 Å². The first kappa shape index (κ1) is 22.5. The monoisotopic (exact) mass is 467 g/mol. The largest absolute Gasteiger partial charge is 0.368 e. The lowest BCUT2D eigenvalue weighted by Gasteiger charge is -2.43. The minimum atomic E-state index is -0.387. The topological polar surface area (TPSA) is 12.5 Å². The van der Waals surface area contributed by atoms with E-state index in [1.807, 2.05) is 12.1 Å². The maximum absolute atomic E-state index is 13.6. The summed E-state index contributed by atoms with van der Waals surface area (Å²) in [7, 11) is 2.23. The predicted molar refractivity (Wildman–Crippen MR) is 127 cm³/mol. The van der Waals surface area contributed by atoms with Gasteiger partial charge in [-0.1, -0.05) is 48.0 Å². The maximum Gasteiger partial charge on any atom is 0.123 e. The van der Waals surface area contributed by atoms with Crippen molar-refractivity contribution >= 4 is 11.6 Å². The zero-order chi connectivity index (χ0) is 22.9. The highest BCUT2D eigenvalue weighted by molar-refractivity contribution is 6.30. The Morgan fingerprint density at radius 2 is 1.45 bits per heavy atom. The molecule has 0 spiro atoms. The van der Waals surface area contributed by atoms with Gasteiger partial charge in [0.1, 0.15) is 17.7 Å². The summed E-state index contributed by atoms with van der Waals surface area (Å²) >= 11 is 6.15. The summed E-state index contributed by atoms with van der Waals surface area (Å²) in [5.74, 6) is 0.131. The third-order valence-corrected chi connectivity index (χ3v) is 7.78. The number of halogens is 3. The molecule has 0 radical (unpaired) electrons. The van der Waals surface area contributed by atoms with Crippen molar-refractivity contribution in [3.05, 3.63) is 106 Å². The Bertz CT molecular complexity index is 1030. The smallest absolute Gasteiger partial charge is 0.123 e. The van der Waals surface area contributed by atoms with Crippen LogP contribution in [0.3, 0.4) is 0 Å². The van der Waals surface area contributed by atoms with Crippen molar-refractivity contribution in [2.45, 2.75) is 43.4 Å².